The topological polar surface area (TPSA) is 132 Å². The second-order valence-corrected chi connectivity index (χ2v) is 5.57. The number of nitrogens with one attached hydrogen (secondary N) is 1. The van der Waals surface area contributed by atoms with E-state index in [4.69, 9.17) is 4.74 Å². The van der Waals surface area contributed by atoms with Gasteiger partial charge in [0, 0.05) is 18.3 Å². The molecule has 26 heavy (non-hydrogen) atoms. The summed E-state index contributed by atoms with van der Waals surface area (Å²) in [6.07, 6.45) is 1.20. The molecule has 2 aromatic rings. The van der Waals surface area contributed by atoms with Gasteiger partial charge in [0.2, 0.25) is 5.90 Å². The van der Waals surface area contributed by atoms with Crippen molar-refractivity contribution >= 4 is 12.2 Å². The van der Waals surface area contributed by atoms with Crippen LogP contribution >= 0.6 is 0 Å². The zero-order chi connectivity index (χ0) is 18.7. The maximum absolute atomic E-state index is 11.2. The molecule has 8 heteroatoms. The largest absolute Gasteiger partial charge is 0.504 e. The first kappa shape index (κ1) is 17.2. The van der Waals surface area contributed by atoms with Gasteiger partial charge in [-0.05, 0) is 35.9 Å². The van der Waals surface area contributed by atoms with Crippen LogP contribution in [0.1, 0.15) is 11.1 Å². The Balaban J connectivity index is 1.75. The molecule has 1 aliphatic rings. The van der Waals surface area contributed by atoms with E-state index in [2.05, 4.69) is 10.3 Å². The van der Waals surface area contributed by atoms with Crippen LogP contribution in [-0.2, 0) is 16.1 Å². The van der Waals surface area contributed by atoms with Crippen LogP contribution in [0.5, 0.6) is 23.0 Å². The van der Waals surface area contributed by atoms with Crippen LogP contribution < -0.4 is 5.32 Å². The zero-order valence-corrected chi connectivity index (χ0v) is 13.5. The molecule has 3 rings (SSSR count). The maximum Gasteiger partial charge on any atom is 0.222 e. The lowest BCUT2D eigenvalue weighted by Crippen LogP contribution is -2.16. The molecule has 1 unspecified atom stereocenters. The van der Waals surface area contributed by atoms with Crippen molar-refractivity contribution in [1.29, 1.82) is 0 Å². The van der Waals surface area contributed by atoms with Crippen LogP contribution in [0.4, 0.5) is 0 Å². The van der Waals surface area contributed by atoms with Gasteiger partial charge in [-0.25, -0.2) is 4.99 Å². The fraction of sp³-hybridized carbons (Fsp3) is 0.111. The highest BCUT2D eigenvalue weighted by Gasteiger charge is 2.26. The van der Waals surface area contributed by atoms with E-state index in [9.17, 15) is 25.2 Å². The predicted molar refractivity (Wildman–Crippen MR) is 91.9 cm³/mol. The minimum Gasteiger partial charge on any atom is -0.504 e. The average Bonchev–Trinajstić information content (AvgIpc) is 3.03. The number of benzene rings is 2. The fourth-order valence-corrected chi connectivity index (χ4v) is 2.34. The molecule has 0 aliphatic carbocycles. The summed E-state index contributed by atoms with van der Waals surface area (Å²) in [6, 6.07) is 8.51. The Kier molecular flexibility index (Phi) is 4.66. The third kappa shape index (κ3) is 3.54. The summed E-state index contributed by atoms with van der Waals surface area (Å²) < 4.78 is 5.45. The van der Waals surface area contributed by atoms with Crippen LogP contribution in [0.3, 0.4) is 0 Å². The number of aromatic hydroxyl groups is 4. The van der Waals surface area contributed by atoms with Crippen molar-refractivity contribution in [2.75, 3.05) is 0 Å². The number of ether oxygens (including phenoxy) is 1. The summed E-state index contributed by atoms with van der Waals surface area (Å²) in [7, 11) is 0. The second-order valence-electron chi connectivity index (χ2n) is 5.57. The quantitative estimate of drug-likeness (QED) is 0.405. The number of hydrogen-bond acceptors (Lipinski definition) is 8. The van der Waals surface area contributed by atoms with Crippen molar-refractivity contribution in [3.05, 3.63) is 59.4 Å². The first-order valence-electron chi connectivity index (χ1n) is 7.65. The predicted octanol–water partition coefficient (Wildman–Crippen LogP) is 1.48. The van der Waals surface area contributed by atoms with Gasteiger partial charge >= 0.3 is 0 Å². The highest BCUT2D eigenvalue weighted by molar-refractivity contribution is 5.98. The number of phenolic OH excluding ortho intramolecular Hbond substituents is 4. The lowest BCUT2D eigenvalue weighted by molar-refractivity contribution is -0.112. The van der Waals surface area contributed by atoms with Gasteiger partial charge in [0.1, 0.15) is 5.70 Å². The van der Waals surface area contributed by atoms with Crippen LogP contribution in [0, 0.1) is 0 Å². The molecule has 1 heterocycles. The average molecular weight is 356 g/mol. The van der Waals surface area contributed by atoms with Gasteiger partial charge in [0.15, 0.2) is 35.4 Å². The van der Waals surface area contributed by atoms with Gasteiger partial charge in [-0.1, -0.05) is 6.07 Å². The van der Waals surface area contributed by atoms with E-state index in [1.807, 2.05) is 0 Å². The summed E-state index contributed by atoms with van der Waals surface area (Å²) in [4.78, 5) is 15.4. The Labute approximate surface area is 148 Å². The number of rotatable bonds is 5. The van der Waals surface area contributed by atoms with Crippen molar-refractivity contribution in [3.63, 3.8) is 0 Å². The molecule has 134 valence electrons. The molecular weight excluding hydrogens is 340 g/mol. The number of nitrogens with zero attached hydrogens (tertiary/aromatic N) is 1. The summed E-state index contributed by atoms with van der Waals surface area (Å²) in [5.74, 6) is -0.871. The van der Waals surface area contributed by atoms with Crippen LogP contribution in [0.15, 0.2) is 53.3 Å². The van der Waals surface area contributed by atoms with Gasteiger partial charge in [-0.15, -0.1) is 0 Å². The number of carbonyl (C=O) groups excluding carboxylic acids is 1. The van der Waals surface area contributed by atoms with E-state index in [0.717, 1.165) is 0 Å². The van der Waals surface area contributed by atoms with Crippen molar-refractivity contribution in [1.82, 2.24) is 5.32 Å². The fourth-order valence-electron chi connectivity index (χ4n) is 2.34. The summed E-state index contributed by atoms with van der Waals surface area (Å²) in [6.45, 7) is 0.327. The lowest BCUT2D eigenvalue weighted by atomic mass is 10.2. The van der Waals surface area contributed by atoms with Crippen molar-refractivity contribution < 1.29 is 30.0 Å². The van der Waals surface area contributed by atoms with E-state index in [-0.39, 0.29) is 28.9 Å². The van der Waals surface area contributed by atoms with Crippen LogP contribution in [0.2, 0.25) is 0 Å². The third-order valence-electron chi connectivity index (χ3n) is 3.70. The molecule has 0 fully saturated rings. The second kappa shape index (κ2) is 7.06. The van der Waals surface area contributed by atoms with E-state index in [0.29, 0.717) is 29.7 Å². The normalized spacial score (nSPS) is 17.6. The maximum atomic E-state index is 11.2. The number of aliphatic imine (C=N–C) groups is 1. The van der Waals surface area contributed by atoms with Gasteiger partial charge in [0.05, 0.1) is 0 Å². The van der Waals surface area contributed by atoms with Crippen molar-refractivity contribution in [3.8, 4) is 23.0 Å². The molecular formula is C18H16N2O6. The number of hydrogen-bond donors (Lipinski definition) is 5. The Morgan fingerprint density at radius 2 is 1.69 bits per heavy atom. The van der Waals surface area contributed by atoms with Crippen LogP contribution in [-0.4, -0.2) is 38.7 Å². The molecule has 0 saturated carbocycles. The van der Waals surface area contributed by atoms with Gasteiger partial charge in [-0.3, -0.25) is 4.79 Å². The molecule has 2 aromatic carbocycles. The molecule has 5 N–H and O–H groups in total. The molecule has 0 aromatic heterocycles. The molecule has 0 radical (unpaired) electrons. The van der Waals surface area contributed by atoms with Crippen molar-refractivity contribution in [2.45, 2.75) is 12.6 Å². The molecule has 0 saturated heterocycles. The standard InChI is InChI=1S/C18H16N2O6/c21-9-17-12(8-19-7-10-1-3-13(22)15(24)5-10)20-18(26-17)11-2-4-14(23)16(25)6-11/h1-6,8-9,17,19,22-25H,7H2. The zero-order valence-electron chi connectivity index (χ0n) is 13.5. The summed E-state index contributed by atoms with van der Waals surface area (Å²) >= 11 is 0. The highest BCUT2D eigenvalue weighted by Crippen LogP contribution is 2.28. The molecule has 8 nitrogen and oxygen atoms in total. The van der Waals surface area contributed by atoms with Crippen LogP contribution in [0.25, 0.3) is 0 Å². The van der Waals surface area contributed by atoms with E-state index < -0.39 is 6.10 Å². The Hall–Kier alpha value is -3.68. The van der Waals surface area contributed by atoms with Gasteiger partial charge in [-0.2, -0.15) is 0 Å². The SMILES string of the molecule is O=CC1OC(c2ccc(O)c(O)c2)=NC1=CNCc1ccc(O)c(O)c1. The lowest BCUT2D eigenvalue weighted by Gasteiger charge is -2.07. The first-order chi connectivity index (χ1) is 12.5. The van der Waals surface area contributed by atoms with E-state index in [1.54, 1.807) is 6.07 Å². The molecule has 1 aliphatic heterocycles. The minimum atomic E-state index is -0.901. The Morgan fingerprint density at radius 3 is 2.35 bits per heavy atom. The summed E-state index contributed by atoms with van der Waals surface area (Å²) in [5.41, 5.74) is 1.47. The Bertz CT molecular complexity index is 907. The molecule has 0 amide bonds. The smallest absolute Gasteiger partial charge is 0.222 e. The molecule has 1 atom stereocenters. The number of carbonyl (C=O) groups is 1. The first-order valence-corrected chi connectivity index (χ1v) is 7.65. The minimum absolute atomic E-state index is 0.146. The van der Waals surface area contributed by atoms with Crippen molar-refractivity contribution in [2.24, 2.45) is 4.99 Å². The van der Waals surface area contributed by atoms with E-state index >= 15 is 0 Å². The van der Waals surface area contributed by atoms with Gasteiger partial charge in [0.25, 0.3) is 0 Å². The highest BCUT2D eigenvalue weighted by atomic mass is 16.5. The number of phenols is 4. The summed E-state index contributed by atoms with van der Waals surface area (Å²) in [5, 5.41) is 40.6. The molecule has 0 bridgehead atoms. The Morgan fingerprint density at radius 1 is 1.00 bits per heavy atom. The monoisotopic (exact) mass is 356 g/mol. The number of aldehydes is 1. The van der Waals surface area contributed by atoms with E-state index in [1.165, 1.54) is 36.5 Å². The van der Waals surface area contributed by atoms with Gasteiger partial charge < -0.3 is 30.5 Å². The molecule has 0 spiro atoms. The third-order valence-corrected chi connectivity index (χ3v) is 3.70.